The second kappa shape index (κ2) is 56.7. The molecule has 66 heavy (non-hydrogen) atoms. The van der Waals surface area contributed by atoms with E-state index in [0.29, 0.717) is 12.8 Å². The van der Waals surface area contributed by atoms with Crippen molar-refractivity contribution in [1.82, 2.24) is 0 Å². The van der Waals surface area contributed by atoms with Crippen LogP contribution in [0.15, 0.2) is 72.9 Å². The van der Waals surface area contributed by atoms with Gasteiger partial charge in [0.15, 0.2) is 6.10 Å². The first-order valence-electron chi connectivity index (χ1n) is 28.5. The van der Waals surface area contributed by atoms with Crippen molar-refractivity contribution in [2.24, 2.45) is 0 Å². The van der Waals surface area contributed by atoms with Crippen molar-refractivity contribution in [3.63, 3.8) is 0 Å². The molecule has 0 saturated carbocycles. The fourth-order valence-corrected chi connectivity index (χ4v) is 8.23. The summed E-state index contributed by atoms with van der Waals surface area (Å²) in [6.07, 6.45) is 77.3. The number of ether oxygens (including phenoxy) is 2. The third-order valence-corrected chi connectivity index (χ3v) is 12.5. The molecule has 0 saturated heterocycles. The van der Waals surface area contributed by atoms with Gasteiger partial charge in [0.2, 0.25) is 0 Å². The number of allylic oxidation sites excluding steroid dienone is 12. The van der Waals surface area contributed by atoms with E-state index in [-0.39, 0.29) is 25.2 Å². The van der Waals surface area contributed by atoms with Gasteiger partial charge in [0.05, 0.1) is 6.61 Å². The highest BCUT2D eigenvalue weighted by Crippen LogP contribution is 2.16. The number of carbonyl (C=O) groups excluding carboxylic acids is 2. The molecule has 0 spiro atoms. The highest BCUT2D eigenvalue weighted by atomic mass is 16.6. The minimum Gasteiger partial charge on any atom is -0.462 e. The molecule has 0 aliphatic heterocycles. The van der Waals surface area contributed by atoms with E-state index in [1.165, 1.54) is 186 Å². The van der Waals surface area contributed by atoms with E-state index in [2.05, 4.69) is 86.8 Å². The van der Waals surface area contributed by atoms with Crippen molar-refractivity contribution in [3.8, 4) is 0 Å². The molecule has 1 N–H and O–H groups in total. The minimum atomic E-state index is -0.775. The van der Waals surface area contributed by atoms with Gasteiger partial charge in [-0.25, -0.2) is 0 Å². The lowest BCUT2D eigenvalue weighted by Crippen LogP contribution is -2.28. The molecule has 5 nitrogen and oxygen atoms in total. The summed E-state index contributed by atoms with van der Waals surface area (Å²) in [5.41, 5.74) is 0. The monoisotopic (exact) mass is 921 g/mol. The maximum absolute atomic E-state index is 12.3. The number of hydrogen-bond donors (Lipinski definition) is 1. The number of rotatable bonds is 52. The lowest BCUT2D eigenvalue weighted by molar-refractivity contribution is -0.161. The summed E-state index contributed by atoms with van der Waals surface area (Å²) in [4.78, 5) is 24.5. The van der Waals surface area contributed by atoms with E-state index in [9.17, 15) is 14.7 Å². The smallest absolute Gasteiger partial charge is 0.306 e. The van der Waals surface area contributed by atoms with Gasteiger partial charge in [0, 0.05) is 12.8 Å². The average molecular weight is 922 g/mol. The summed E-state index contributed by atoms with van der Waals surface area (Å²) in [5.74, 6) is -0.584. The Hall–Kier alpha value is -2.66. The Morgan fingerprint density at radius 3 is 0.985 bits per heavy atom. The molecular weight excluding hydrogens is 813 g/mol. The van der Waals surface area contributed by atoms with Crippen LogP contribution in [0.4, 0.5) is 0 Å². The Bertz CT molecular complexity index is 1180. The van der Waals surface area contributed by atoms with Gasteiger partial charge < -0.3 is 14.6 Å². The molecule has 0 rings (SSSR count). The molecule has 0 aromatic heterocycles. The summed E-state index contributed by atoms with van der Waals surface area (Å²) in [7, 11) is 0. The number of aliphatic hydroxyl groups is 1. The van der Waals surface area contributed by atoms with Gasteiger partial charge in [-0.2, -0.15) is 0 Å². The van der Waals surface area contributed by atoms with Crippen LogP contribution < -0.4 is 0 Å². The molecule has 0 aromatic carbocycles. The van der Waals surface area contributed by atoms with Crippen LogP contribution in [0.3, 0.4) is 0 Å². The summed E-state index contributed by atoms with van der Waals surface area (Å²) >= 11 is 0. The van der Waals surface area contributed by atoms with E-state index in [0.717, 1.165) is 70.6 Å². The highest BCUT2D eigenvalue weighted by molar-refractivity contribution is 5.70. The average Bonchev–Trinajstić information content (AvgIpc) is 3.32. The number of hydrogen-bond acceptors (Lipinski definition) is 5. The topological polar surface area (TPSA) is 72.8 Å². The molecule has 5 heteroatoms. The Morgan fingerprint density at radius 1 is 0.364 bits per heavy atom. The standard InChI is InChI=1S/C61H108O5/c1-3-5-7-9-11-13-15-17-19-21-23-25-27-29-30-32-34-36-38-40-42-44-46-48-50-52-54-56-61(64)66-59(57-62)58-65-60(63)55-53-51-49-47-45-43-41-39-37-35-33-31-28-26-24-22-20-18-16-14-12-10-8-6-4-2/h5,7,11,13,16-19,22-25,59,62H,3-4,6,8-10,12,14-15,20-21,26-58H2,1-2H3/b7-5-,13-11-,18-16-,19-17-,24-22-,25-23-. The minimum absolute atomic E-state index is 0.0664. The van der Waals surface area contributed by atoms with Crippen LogP contribution >= 0.6 is 0 Å². The van der Waals surface area contributed by atoms with Gasteiger partial charge in [0.25, 0.3) is 0 Å². The third-order valence-electron chi connectivity index (χ3n) is 12.5. The lowest BCUT2D eigenvalue weighted by atomic mass is 10.0. The van der Waals surface area contributed by atoms with Gasteiger partial charge in [-0.1, -0.05) is 260 Å². The molecule has 0 aliphatic carbocycles. The van der Waals surface area contributed by atoms with Crippen molar-refractivity contribution >= 4 is 11.9 Å². The number of esters is 2. The number of carbonyl (C=O) groups is 2. The first-order chi connectivity index (χ1) is 32.6. The van der Waals surface area contributed by atoms with Gasteiger partial charge in [-0.15, -0.1) is 0 Å². The van der Waals surface area contributed by atoms with Crippen LogP contribution in [0.2, 0.25) is 0 Å². The fraction of sp³-hybridized carbons (Fsp3) is 0.770. The van der Waals surface area contributed by atoms with E-state index in [4.69, 9.17) is 9.47 Å². The van der Waals surface area contributed by atoms with Crippen molar-refractivity contribution in [3.05, 3.63) is 72.9 Å². The maximum Gasteiger partial charge on any atom is 0.306 e. The molecule has 0 amide bonds. The molecule has 0 aliphatic rings. The number of aliphatic hydroxyl groups excluding tert-OH is 1. The molecule has 0 fully saturated rings. The molecule has 0 radical (unpaired) electrons. The predicted molar refractivity (Wildman–Crippen MR) is 288 cm³/mol. The van der Waals surface area contributed by atoms with Crippen LogP contribution in [0.5, 0.6) is 0 Å². The zero-order chi connectivity index (χ0) is 47.7. The van der Waals surface area contributed by atoms with E-state index in [1.807, 2.05) is 0 Å². The normalized spacial score (nSPS) is 12.7. The van der Waals surface area contributed by atoms with E-state index < -0.39 is 6.10 Å². The maximum atomic E-state index is 12.3. The Balaban J connectivity index is 3.47. The lowest BCUT2D eigenvalue weighted by Gasteiger charge is -2.15. The first kappa shape index (κ1) is 63.3. The second-order valence-electron chi connectivity index (χ2n) is 19.0. The highest BCUT2D eigenvalue weighted by Gasteiger charge is 2.16. The van der Waals surface area contributed by atoms with Gasteiger partial charge >= 0.3 is 11.9 Å². The zero-order valence-corrected chi connectivity index (χ0v) is 43.7. The van der Waals surface area contributed by atoms with Crippen molar-refractivity contribution in [2.75, 3.05) is 13.2 Å². The van der Waals surface area contributed by atoms with Gasteiger partial charge in [-0.3, -0.25) is 9.59 Å². The molecule has 0 aromatic rings. The first-order valence-corrected chi connectivity index (χ1v) is 28.5. The molecule has 0 bridgehead atoms. The van der Waals surface area contributed by atoms with E-state index >= 15 is 0 Å². The molecule has 1 unspecified atom stereocenters. The predicted octanol–water partition coefficient (Wildman–Crippen LogP) is 19.2. The molecule has 0 heterocycles. The quantitative estimate of drug-likeness (QED) is 0.0374. The third kappa shape index (κ3) is 54.0. The SMILES string of the molecule is CC/C=C\C/C=C\C/C=C\C/C=C\CCCCCCCCCCCCCCCCC(=O)OC(CO)COC(=O)CCCCCCCCCCCCCCC/C=C\C/C=C\CCCCCCC. The summed E-state index contributed by atoms with van der Waals surface area (Å²) in [5, 5.41) is 9.66. The summed E-state index contributed by atoms with van der Waals surface area (Å²) < 4.78 is 10.7. The summed E-state index contributed by atoms with van der Waals surface area (Å²) in [6.45, 7) is 4.04. The van der Waals surface area contributed by atoms with Crippen LogP contribution in [0, 0.1) is 0 Å². The largest absolute Gasteiger partial charge is 0.462 e. The second-order valence-corrected chi connectivity index (χ2v) is 19.0. The fourth-order valence-electron chi connectivity index (χ4n) is 8.23. The Morgan fingerprint density at radius 2 is 0.652 bits per heavy atom. The van der Waals surface area contributed by atoms with Crippen LogP contribution in [0.1, 0.15) is 284 Å². The number of unbranched alkanes of at least 4 members (excludes halogenated alkanes) is 32. The van der Waals surface area contributed by atoms with Crippen LogP contribution in [0.25, 0.3) is 0 Å². The molecular formula is C61H108O5. The Kier molecular flexibility index (Phi) is 54.4. The van der Waals surface area contributed by atoms with Crippen molar-refractivity contribution in [1.29, 1.82) is 0 Å². The Labute approximate surface area is 410 Å². The van der Waals surface area contributed by atoms with Gasteiger partial charge in [0.1, 0.15) is 6.61 Å². The van der Waals surface area contributed by atoms with Gasteiger partial charge in [-0.05, 0) is 83.5 Å². The van der Waals surface area contributed by atoms with Crippen LogP contribution in [-0.4, -0.2) is 36.4 Å². The van der Waals surface area contributed by atoms with Crippen LogP contribution in [-0.2, 0) is 19.1 Å². The van der Waals surface area contributed by atoms with Crippen molar-refractivity contribution < 1.29 is 24.2 Å². The van der Waals surface area contributed by atoms with Crippen molar-refractivity contribution in [2.45, 2.75) is 290 Å². The molecule has 382 valence electrons. The summed E-state index contributed by atoms with van der Waals surface area (Å²) in [6, 6.07) is 0. The molecule has 1 atom stereocenters. The van der Waals surface area contributed by atoms with E-state index in [1.54, 1.807) is 0 Å². The zero-order valence-electron chi connectivity index (χ0n) is 43.7.